The van der Waals surface area contributed by atoms with Crippen LogP contribution in [0.15, 0.2) is 9.15 Å². The molecule has 2 heteroatoms. The monoisotopic (exact) mass is 240 g/mol. The molecular weight excluding hydrogens is 227 g/mol. The van der Waals surface area contributed by atoms with Gasteiger partial charge < -0.3 is 4.74 Å². The Morgan fingerprint density at radius 2 is 2.00 bits per heavy atom. The summed E-state index contributed by atoms with van der Waals surface area (Å²) in [4.78, 5) is 0. The maximum atomic E-state index is 5.19. The van der Waals surface area contributed by atoms with Crippen LogP contribution in [-0.2, 0) is 4.74 Å². The van der Waals surface area contributed by atoms with Gasteiger partial charge in [0.1, 0.15) is 0 Å². The van der Waals surface area contributed by atoms with Crippen LogP contribution in [0.2, 0.25) is 0 Å². The first-order chi connectivity index (χ1) is 4.18. The van der Waals surface area contributed by atoms with Crippen LogP contribution in [0.25, 0.3) is 0 Å². The molecule has 0 aliphatic rings. The predicted octanol–water partition coefficient (Wildman–Crippen LogP) is 2.75. The minimum absolute atomic E-state index is 0.777. The number of rotatable bonds is 3. The zero-order chi connectivity index (χ0) is 7.28. The van der Waals surface area contributed by atoms with Gasteiger partial charge in [-0.15, -0.1) is 0 Å². The highest BCUT2D eigenvalue weighted by Gasteiger charge is 1.91. The summed E-state index contributed by atoms with van der Waals surface area (Å²) in [6.07, 6.45) is 0. The third-order valence-corrected chi connectivity index (χ3v) is 2.37. The zero-order valence-corrected chi connectivity index (χ0v) is 8.36. The molecule has 0 aromatic heterocycles. The van der Waals surface area contributed by atoms with Crippen LogP contribution in [0.3, 0.4) is 0 Å². The first-order valence-electron chi connectivity index (χ1n) is 3.08. The topological polar surface area (TPSA) is 9.23 Å². The van der Waals surface area contributed by atoms with Crippen LogP contribution in [-0.4, -0.2) is 13.2 Å². The molecule has 0 rings (SSSR count). The number of halogens is 1. The summed E-state index contributed by atoms with van der Waals surface area (Å²) in [6, 6.07) is 0. The summed E-state index contributed by atoms with van der Waals surface area (Å²) in [5.74, 6) is 0. The van der Waals surface area contributed by atoms with Crippen molar-refractivity contribution < 1.29 is 4.74 Å². The Morgan fingerprint density at radius 3 is 2.33 bits per heavy atom. The van der Waals surface area contributed by atoms with Crippen molar-refractivity contribution in [1.29, 1.82) is 0 Å². The van der Waals surface area contributed by atoms with Crippen molar-refractivity contribution in [2.45, 2.75) is 20.8 Å². The maximum Gasteiger partial charge on any atom is 0.0772 e. The minimum atomic E-state index is 0.777. The SMILES string of the molecule is CCOCC(I)=C(C)C. The summed E-state index contributed by atoms with van der Waals surface area (Å²) in [6.45, 7) is 7.79. The van der Waals surface area contributed by atoms with E-state index in [4.69, 9.17) is 4.74 Å². The Kier molecular flexibility index (Phi) is 5.48. The molecule has 0 atom stereocenters. The fraction of sp³-hybridized carbons (Fsp3) is 0.714. The van der Waals surface area contributed by atoms with Gasteiger partial charge in [0, 0.05) is 10.2 Å². The van der Waals surface area contributed by atoms with Crippen LogP contribution in [0, 0.1) is 0 Å². The maximum absolute atomic E-state index is 5.19. The molecule has 0 amide bonds. The van der Waals surface area contributed by atoms with Crippen molar-refractivity contribution in [2.75, 3.05) is 13.2 Å². The fourth-order valence-electron chi connectivity index (χ4n) is 0.336. The second-order valence-electron chi connectivity index (χ2n) is 2.04. The van der Waals surface area contributed by atoms with E-state index < -0.39 is 0 Å². The van der Waals surface area contributed by atoms with Crippen molar-refractivity contribution in [3.05, 3.63) is 9.15 Å². The second kappa shape index (κ2) is 5.23. The van der Waals surface area contributed by atoms with Crippen LogP contribution in [0.5, 0.6) is 0 Å². The summed E-state index contributed by atoms with van der Waals surface area (Å²) < 4.78 is 6.51. The van der Waals surface area contributed by atoms with E-state index in [2.05, 4.69) is 36.4 Å². The smallest absolute Gasteiger partial charge is 0.0772 e. The van der Waals surface area contributed by atoms with Crippen LogP contribution >= 0.6 is 22.6 Å². The molecule has 0 unspecified atom stereocenters. The third kappa shape index (κ3) is 4.90. The Hall–Kier alpha value is 0.430. The van der Waals surface area contributed by atoms with E-state index in [0.717, 1.165) is 13.2 Å². The summed E-state index contributed by atoms with van der Waals surface area (Å²) >= 11 is 2.31. The van der Waals surface area contributed by atoms with Crippen LogP contribution < -0.4 is 0 Å². The lowest BCUT2D eigenvalue weighted by molar-refractivity contribution is 0.176. The lowest BCUT2D eigenvalue weighted by atomic mass is 10.3. The van der Waals surface area contributed by atoms with Crippen LogP contribution in [0.4, 0.5) is 0 Å². The van der Waals surface area contributed by atoms with Crippen molar-refractivity contribution >= 4 is 22.6 Å². The van der Waals surface area contributed by atoms with E-state index in [9.17, 15) is 0 Å². The van der Waals surface area contributed by atoms with E-state index in [0.29, 0.717) is 0 Å². The molecule has 0 radical (unpaired) electrons. The van der Waals surface area contributed by atoms with Crippen molar-refractivity contribution in [3.63, 3.8) is 0 Å². The standard InChI is InChI=1S/C7H13IO/c1-4-9-5-7(8)6(2)3/h4-5H2,1-3H3. The highest BCUT2D eigenvalue weighted by atomic mass is 127. The lowest BCUT2D eigenvalue weighted by Crippen LogP contribution is -1.93. The summed E-state index contributed by atoms with van der Waals surface area (Å²) in [5, 5.41) is 0. The molecule has 0 aromatic rings. The second-order valence-corrected chi connectivity index (χ2v) is 3.34. The first kappa shape index (κ1) is 9.43. The van der Waals surface area contributed by atoms with Gasteiger partial charge in [-0.25, -0.2) is 0 Å². The lowest BCUT2D eigenvalue weighted by Gasteiger charge is -2.00. The minimum Gasteiger partial charge on any atom is -0.377 e. The van der Waals surface area contributed by atoms with Crippen LogP contribution in [0.1, 0.15) is 20.8 Å². The van der Waals surface area contributed by atoms with Gasteiger partial charge in [-0.1, -0.05) is 5.57 Å². The molecule has 0 bridgehead atoms. The van der Waals surface area contributed by atoms with Crippen molar-refractivity contribution in [1.82, 2.24) is 0 Å². The summed E-state index contributed by atoms with van der Waals surface area (Å²) in [5.41, 5.74) is 1.35. The molecule has 0 spiro atoms. The molecule has 1 nitrogen and oxygen atoms in total. The molecule has 0 aromatic carbocycles. The largest absolute Gasteiger partial charge is 0.377 e. The van der Waals surface area contributed by atoms with E-state index >= 15 is 0 Å². The van der Waals surface area contributed by atoms with Gasteiger partial charge in [-0.3, -0.25) is 0 Å². The first-order valence-corrected chi connectivity index (χ1v) is 4.16. The van der Waals surface area contributed by atoms with Gasteiger partial charge in [0.05, 0.1) is 6.61 Å². The van der Waals surface area contributed by atoms with Gasteiger partial charge in [-0.05, 0) is 43.4 Å². The molecule has 0 fully saturated rings. The molecule has 9 heavy (non-hydrogen) atoms. The quantitative estimate of drug-likeness (QED) is 0.689. The average Bonchev–Trinajstić information content (AvgIpc) is 1.82. The predicted molar refractivity (Wildman–Crippen MR) is 48.9 cm³/mol. The van der Waals surface area contributed by atoms with E-state index in [1.807, 2.05) is 6.92 Å². The van der Waals surface area contributed by atoms with Gasteiger partial charge in [0.15, 0.2) is 0 Å². The van der Waals surface area contributed by atoms with Gasteiger partial charge in [0.25, 0.3) is 0 Å². The summed E-state index contributed by atoms with van der Waals surface area (Å²) in [7, 11) is 0. The normalized spacial score (nSPS) is 9.33. The van der Waals surface area contributed by atoms with Gasteiger partial charge >= 0.3 is 0 Å². The van der Waals surface area contributed by atoms with Gasteiger partial charge in [0.2, 0.25) is 0 Å². The Labute approximate surface area is 70.6 Å². The molecule has 0 aliphatic heterocycles. The number of allylic oxidation sites excluding steroid dienone is 1. The van der Waals surface area contributed by atoms with E-state index in [1.54, 1.807) is 0 Å². The highest BCUT2D eigenvalue weighted by Crippen LogP contribution is 2.11. The molecule has 0 aliphatic carbocycles. The molecule has 0 saturated carbocycles. The Morgan fingerprint density at radius 1 is 1.44 bits per heavy atom. The molecule has 0 saturated heterocycles. The molecule has 54 valence electrons. The van der Waals surface area contributed by atoms with E-state index in [-0.39, 0.29) is 0 Å². The van der Waals surface area contributed by atoms with E-state index in [1.165, 1.54) is 9.15 Å². The molecular formula is C7H13IO. The average molecular weight is 240 g/mol. The number of hydrogen-bond acceptors (Lipinski definition) is 1. The van der Waals surface area contributed by atoms with Crippen molar-refractivity contribution in [3.8, 4) is 0 Å². The molecule has 0 N–H and O–H groups in total. The third-order valence-electron chi connectivity index (χ3n) is 0.975. The Balaban J connectivity index is 3.50. The zero-order valence-electron chi connectivity index (χ0n) is 6.20. The Bertz CT molecular complexity index is 103. The fourth-order valence-corrected chi connectivity index (χ4v) is 0.556. The highest BCUT2D eigenvalue weighted by molar-refractivity contribution is 14.1. The number of hydrogen-bond donors (Lipinski definition) is 0. The van der Waals surface area contributed by atoms with Gasteiger partial charge in [-0.2, -0.15) is 0 Å². The number of ether oxygens (including phenoxy) is 1. The van der Waals surface area contributed by atoms with Crippen molar-refractivity contribution in [2.24, 2.45) is 0 Å². The molecule has 0 heterocycles.